The van der Waals surface area contributed by atoms with Gasteiger partial charge in [-0.05, 0) is 5.53 Å². The Morgan fingerprint density at radius 3 is 2.43 bits per heavy atom. The second-order valence-corrected chi connectivity index (χ2v) is 9.47. The van der Waals surface area contributed by atoms with Crippen molar-refractivity contribution >= 4 is 29.4 Å². The summed E-state index contributed by atoms with van der Waals surface area (Å²) in [4.78, 5) is 49.0. The summed E-state index contributed by atoms with van der Waals surface area (Å²) in [6.45, 7) is 0.00235. The molecule has 1 heterocycles. The predicted molar refractivity (Wildman–Crippen MR) is 85.8 cm³/mol. The second kappa shape index (κ2) is 10.2. The number of hydrogen-bond donors (Lipinski definition) is 5. The molecule has 5 N–H and O–H groups in total. The maximum Gasteiger partial charge on any atom is 0.490 e. The van der Waals surface area contributed by atoms with Crippen LogP contribution in [0.15, 0.2) is 5.11 Å². The van der Waals surface area contributed by atoms with Gasteiger partial charge in [0.05, 0.1) is 12.7 Å². The second-order valence-electron chi connectivity index (χ2n) is 5.05. The van der Waals surface area contributed by atoms with Crippen molar-refractivity contribution in [3.05, 3.63) is 10.4 Å². The van der Waals surface area contributed by atoms with Crippen molar-refractivity contribution in [1.29, 1.82) is 0 Å². The van der Waals surface area contributed by atoms with Gasteiger partial charge in [0.15, 0.2) is 0 Å². The average molecular weight is 470 g/mol. The van der Waals surface area contributed by atoms with Gasteiger partial charge >= 0.3 is 23.5 Å². The largest absolute Gasteiger partial charge is 0.490 e. The van der Waals surface area contributed by atoms with Gasteiger partial charge in [0.2, 0.25) is 5.91 Å². The van der Waals surface area contributed by atoms with E-state index in [2.05, 4.69) is 28.5 Å². The third kappa shape index (κ3) is 10.0. The molecule has 20 heteroatoms. The first-order valence-corrected chi connectivity index (χ1v) is 11.6. The maximum absolute atomic E-state index is 11.7. The smallest absolute Gasteiger partial charge is 0.369 e. The number of azide groups is 1. The monoisotopic (exact) mass is 470 g/mol. The lowest BCUT2D eigenvalue weighted by atomic mass is 10.2. The molecule has 0 aromatic heterocycles. The zero-order valence-corrected chi connectivity index (χ0v) is 16.7. The predicted octanol–water partition coefficient (Wildman–Crippen LogP) is 0.234. The lowest BCUT2D eigenvalue weighted by Crippen LogP contribution is -2.33. The normalized spacial score (nSPS) is 26.7. The number of nitrogens with zero attached hydrogens (tertiary/aromatic N) is 3. The van der Waals surface area contributed by atoms with Gasteiger partial charge in [-0.3, -0.25) is 9.32 Å². The Bertz CT molecular complexity index is 750. The topological polar surface area (TPSA) is 256 Å². The minimum absolute atomic E-state index is 0.0466. The van der Waals surface area contributed by atoms with Crippen LogP contribution in [0.5, 0.6) is 0 Å². The van der Waals surface area contributed by atoms with Crippen LogP contribution in [-0.4, -0.2) is 57.3 Å². The van der Waals surface area contributed by atoms with Crippen molar-refractivity contribution in [2.45, 2.75) is 31.8 Å². The van der Waals surface area contributed by atoms with E-state index in [4.69, 9.17) is 29.7 Å². The van der Waals surface area contributed by atoms with E-state index in [1.165, 1.54) is 6.92 Å². The van der Waals surface area contributed by atoms with Crippen LogP contribution in [0, 0.1) is 0 Å². The molecule has 1 aliphatic heterocycles. The molecule has 0 aromatic rings. The first-order chi connectivity index (χ1) is 12.7. The lowest BCUT2D eigenvalue weighted by molar-refractivity contribution is -0.123. The number of hydrogen-bond acceptors (Lipinski definition) is 10. The number of carbonyl (C=O) groups is 1. The maximum atomic E-state index is 11.7. The van der Waals surface area contributed by atoms with Crippen LogP contribution in [0.3, 0.4) is 0 Å². The van der Waals surface area contributed by atoms with E-state index < -0.39 is 61.1 Å². The van der Waals surface area contributed by atoms with Crippen LogP contribution < -0.4 is 5.32 Å². The number of nitrogens with one attached hydrogen (secondary N) is 1. The standard InChI is InChI=1S/C8H17N4O13P3/c1-5(13)11-8-2-6(21-4-10-12-9)7(23-8)3-22-27(17,18)25-28(19,20)24-26(14,15)16/h6-8H,2-4H2,1H3,(H,11,13)(H,17,18)(H,19,20)(H2,14,15,16)/t6?,7-,8-/m1/s1. The molecule has 28 heavy (non-hydrogen) atoms. The van der Waals surface area contributed by atoms with Crippen molar-refractivity contribution in [2.24, 2.45) is 5.11 Å². The number of amides is 1. The van der Waals surface area contributed by atoms with Crippen LogP contribution in [-0.2, 0) is 41.1 Å². The van der Waals surface area contributed by atoms with E-state index in [1.807, 2.05) is 0 Å². The van der Waals surface area contributed by atoms with Crippen LogP contribution in [0.1, 0.15) is 13.3 Å². The fourth-order valence-electron chi connectivity index (χ4n) is 1.98. The molecule has 0 spiro atoms. The highest BCUT2D eigenvalue weighted by molar-refractivity contribution is 7.66. The van der Waals surface area contributed by atoms with Gasteiger partial charge in [-0.15, -0.1) is 0 Å². The highest BCUT2D eigenvalue weighted by atomic mass is 31.3. The molecule has 0 saturated carbocycles. The summed E-state index contributed by atoms with van der Waals surface area (Å²) in [6.07, 6.45) is -2.82. The van der Waals surface area contributed by atoms with Crippen molar-refractivity contribution in [2.75, 3.05) is 13.3 Å². The van der Waals surface area contributed by atoms with E-state index in [0.29, 0.717) is 0 Å². The van der Waals surface area contributed by atoms with Gasteiger partial charge in [-0.2, -0.15) is 8.62 Å². The Morgan fingerprint density at radius 1 is 1.25 bits per heavy atom. The molecule has 0 radical (unpaired) electrons. The van der Waals surface area contributed by atoms with E-state index in [1.54, 1.807) is 0 Å². The molecular weight excluding hydrogens is 453 g/mol. The molecule has 0 bridgehead atoms. The van der Waals surface area contributed by atoms with Crippen molar-refractivity contribution in [3.63, 3.8) is 0 Å². The van der Waals surface area contributed by atoms with Gasteiger partial charge in [-0.1, -0.05) is 5.11 Å². The number of phosphoric acid groups is 3. The summed E-state index contributed by atoms with van der Waals surface area (Å²) in [6, 6.07) is 0. The van der Waals surface area contributed by atoms with Gasteiger partial charge in [0.25, 0.3) is 0 Å². The lowest BCUT2D eigenvalue weighted by Gasteiger charge is -2.20. The quantitative estimate of drug-likeness (QED) is 0.117. The van der Waals surface area contributed by atoms with Crippen molar-refractivity contribution < 1.29 is 60.7 Å². The van der Waals surface area contributed by atoms with Gasteiger partial charge < -0.3 is 34.4 Å². The summed E-state index contributed by atoms with van der Waals surface area (Å²) in [5.41, 5.74) is 8.24. The molecule has 1 rings (SSSR count). The Morgan fingerprint density at radius 2 is 1.89 bits per heavy atom. The molecule has 0 aromatic carbocycles. The van der Waals surface area contributed by atoms with Gasteiger partial charge in [0, 0.05) is 18.3 Å². The highest BCUT2D eigenvalue weighted by Gasteiger charge is 2.43. The molecule has 1 aliphatic rings. The summed E-state index contributed by atoms with van der Waals surface area (Å²) < 4.78 is 55.6. The zero-order chi connectivity index (χ0) is 21.6. The first-order valence-electron chi connectivity index (χ1n) is 7.06. The van der Waals surface area contributed by atoms with Crippen LogP contribution >= 0.6 is 23.5 Å². The third-order valence-corrected chi connectivity index (χ3v) is 6.59. The van der Waals surface area contributed by atoms with E-state index in [0.717, 1.165) is 0 Å². The molecule has 5 atom stereocenters. The van der Waals surface area contributed by atoms with Crippen LogP contribution in [0.2, 0.25) is 0 Å². The fourth-order valence-corrected chi connectivity index (χ4v) is 5.01. The Hall–Kier alpha value is -0.890. The molecular formula is C8H17N4O13P3. The summed E-state index contributed by atoms with van der Waals surface area (Å²) in [5, 5.41) is 5.53. The molecule has 162 valence electrons. The van der Waals surface area contributed by atoms with Gasteiger partial charge in [-0.25, -0.2) is 13.7 Å². The number of phosphoric ester groups is 1. The molecule has 1 amide bonds. The summed E-state index contributed by atoms with van der Waals surface area (Å²) in [7, 11) is -16.5. The van der Waals surface area contributed by atoms with E-state index in [9.17, 15) is 23.4 Å². The van der Waals surface area contributed by atoms with Crippen LogP contribution in [0.4, 0.5) is 0 Å². The fraction of sp³-hybridized carbons (Fsp3) is 0.875. The zero-order valence-electron chi connectivity index (χ0n) is 14.0. The van der Waals surface area contributed by atoms with Crippen molar-refractivity contribution in [3.8, 4) is 0 Å². The Balaban J connectivity index is 2.72. The number of rotatable bonds is 11. The molecule has 1 fully saturated rings. The van der Waals surface area contributed by atoms with E-state index in [-0.39, 0.29) is 6.42 Å². The number of carbonyl (C=O) groups excluding carboxylic acids is 1. The van der Waals surface area contributed by atoms with Crippen molar-refractivity contribution in [1.82, 2.24) is 5.32 Å². The van der Waals surface area contributed by atoms with E-state index >= 15 is 0 Å². The number of ether oxygens (including phenoxy) is 2. The average Bonchev–Trinajstić information content (AvgIpc) is 2.83. The summed E-state index contributed by atoms with van der Waals surface area (Å²) >= 11 is 0. The Labute approximate surface area is 157 Å². The first kappa shape index (κ1) is 25.1. The van der Waals surface area contributed by atoms with Crippen LogP contribution in [0.25, 0.3) is 10.4 Å². The molecule has 1 saturated heterocycles. The van der Waals surface area contributed by atoms with Gasteiger partial charge in [0.1, 0.15) is 19.1 Å². The summed E-state index contributed by atoms with van der Waals surface area (Å²) in [5.74, 6) is -0.452. The SMILES string of the molecule is CC(=O)N[C@H]1CC(OCN=[N+]=[N-])[C@@H](COP(=O)(O)OP(=O)(O)OP(=O)(O)O)O1. The molecule has 17 nitrogen and oxygen atoms in total. The Kier molecular flexibility index (Phi) is 9.19. The molecule has 3 unspecified atom stereocenters. The third-order valence-electron chi connectivity index (χ3n) is 2.79. The minimum Gasteiger partial charge on any atom is -0.369 e. The highest BCUT2D eigenvalue weighted by Crippen LogP contribution is 2.66. The minimum atomic E-state index is -5.65. The molecule has 0 aliphatic carbocycles.